The van der Waals surface area contributed by atoms with Crippen molar-refractivity contribution >= 4 is 27.7 Å². The van der Waals surface area contributed by atoms with Gasteiger partial charge in [0.15, 0.2) is 0 Å². The fraction of sp³-hybridized carbons (Fsp3) is 0.500. The van der Waals surface area contributed by atoms with Crippen molar-refractivity contribution in [3.63, 3.8) is 0 Å². The number of hydrogen-bond acceptors (Lipinski definition) is 3. The predicted octanol–water partition coefficient (Wildman–Crippen LogP) is 3.61. The molecule has 0 atom stereocenters. The second-order valence-electron chi connectivity index (χ2n) is 5.63. The van der Waals surface area contributed by atoms with Crippen LogP contribution >= 0.6 is 15.9 Å². The first-order valence-electron chi connectivity index (χ1n) is 6.35. The molecule has 0 unspecified atom stereocenters. The molecule has 0 bridgehead atoms. The SMILES string of the molecule is CC(C)(C)OC(=O)N1CCNc2ccc(Br)cc2C1. The molecule has 0 fully saturated rings. The first kappa shape index (κ1) is 14.2. The molecule has 19 heavy (non-hydrogen) atoms. The lowest BCUT2D eigenvalue weighted by molar-refractivity contribution is 0.0245. The van der Waals surface area contributed by atoms with E-state index in [9.17, 15) is 4.79 Å². The summed E-state index contributed by atoms with van der Waals surface area (Å²) in [5, 5.41) is 3.33. The number of nitrogens with zero attached hydrogens (tertiary/aromatic N) is 1. The summed E-state index contributed by atoms with van der Waals surface area (Å²) < 4.78 is 6.44. The van der Waals surface area contributed by atoms with E-state index >= 15 is 0 Å². The van der Waals surface area contributed by atoms with Gasteiger partial charge in [-0.2, -0.15) is 0 Å². The molecule has 1 aliphatic rings. The number of amides is 1. The van der Waals surface area contributed by atoms with Crippen molar-refractivity contribution in [2.24, 2.45) is 0 Å². The maximum absolute atomic E-state index is 12.1. The number of hydrogen-bond donors (Lipinski definition) is 1. The van der Waals surface area contributed by atoms with Gasteiger partial charge in [0.05, 0.1) is 6.54 Å². The Morgan fingerprint density at radius 1 is 1.42 bits per heavy atom. The van der Waals surface area contributed by atoms with E-state index < -0.39 is 5.60 Å². The number of carbonyl (C=O) groups is 1. The van der Waals surface area contributed by atoms with Gasteiger partial charge < -0.3 is 15.0 Å². The van der Waals surface area contributed by atoms with Crippen LogP contribution < -0.4 is 5.32 Å². The fourth-order valence-electron chi connectivity index (χ4n) is 1.96. The lowest BCUT2D eigenvalue weighted by atomic mass is 10.2. The van der Waals surface area contributed by atoms with Gasteiger partial charge in [0, 0.05) is 23.2 Å². The number of nitrogens with one attached hydrogen (secondary N) is 1. The minimum Gasteiger partial charge on any atom is -0.444 e. The van der Waals surface area contributed by atoms with Crippen LogP contribution in [0.3, 0.4) is 0 Å². The molecule has 1 N–H and O–H groups in total. The molecule has 1 amide bonds. The van der Waals surface area contributed by atoms with Crippen molar-refractivity contribution in [3.8, 4) is 0 Å². The zero-order valence-corrected chi connectivity index (χ0v) is 13.1. The Labute approximate surface area is 122 Å². The van der Waals surface area contributed by atoms with Gasteiger partial charge in [0.25, 0.3) is 0 Å². The summed E-state index contributed by atoms with van der Waals surface area (Å²) in [5.74, 6) is 0. The smallest absolute Gasteiger partial charge is 0.410 e. The highest BCUT2D eigenvalue weighted by Gasteiger charge is 2.24. The van der Waals surface area contributed by atoms with Gasteiger partial charge in [-0.25, -0.2) is 4.79 Å². The largest absolute Gasteiger partial charge is 0.444 e. The number of rotatable bonds is 0. The van der Waals surface area contributed by atoms with Gasteiger partial charge in [-0.05, 0) is 44.5 Å². The molecule has 0 saturated carbocycles. The van der Waals surface area contributed by atoms with E-state index in [4.69, 9.17) is 4.74 Å². The van der Waals surface area contributed by atoms with E-state index in [1.54, 1.807) is 4.90 Å². The molecule has 0 aromatic heterocycles. The summed E-state index contributed by atoms with van der Waals surface area (Å²) in [6.07, 6.45) is -0.262. The van der Waals surface area contributed by atoms with Crippen molar-refractivity contribution in [1.82, 2.24) is 4.90 Å². The summed E-state index contributed by atoms with van der Waals surface area (Å²) in [7, 11) is 0. The highest BCUT2D eigenvalue weighted by Crippen LogP contribution is 2.25. The maximum Gasteiger partial charge on any atom is 0.410 e. The number of carbonyl (C=O) groups excluding carboxylic acids is 1. The summed E-state index contributed by atoms with van der Waals surface area (Å²) in [6.45, 7) is 7.58. The van der Waals surface area contributed by atoms with E-state index in [0.717, 1.165) is 22.3 Å². The highest BCUT2D eigenvalue weighted by atomic mass is 79.9. The van der Waals surface area contributed by atoms with Crippen LogP contribution in [0.2, 0.25) is 0 Å². The zero-order chi connectivity index (χ0) is 14.0. The molecular formula is C14H19BrN2O2. The summed E-state index contributed by atoms with van der Waals surface area (Å²) in [6, 6.07) is 6.05. The molecular weight excluding hydrogens is 308 g/mol. The van der Waals surface area contributed by atoms with E-state index in [-0.39, 0.29) is 6.09 Å². The lowest BCUT2D eigenvalue weighted by Crippen LogP contribution is -2.37. The highest BCUT2D eigenvalue weighted by molar-refractivity contribution is 9.10. The third-order valence-corrected chi connectivity index (χ3v) is 3.27. The molecule has 5 heteroatoms. The van der Waals surface area contributed by atoms with E-state index in [0.29, 0.717) is 13.1 Å². The van der Waals surface area contributed by atoms with Crippen molar-refractivity contribution in [1.29, 1.82) is 0 Å². The average Bonchev–Trinajstić information content (AvgIpc) is 2.48. The zero-order valence-electron chi connectivity index (χ0n) is 11.5. The molecule has 1 aromatic rings. The standard InChI is InChI=1S/C14H19BrN2O2/c1-14(2,3)19-13(18)17-7-6-16-12-5-4-11(15)8-10(12)9-17/h4-5,8,16H,6-7,9H2,1-3H3. The maximum atomic E-state index is 12.1. The lowest BCUT2D eigenvalue weighted by Gasteiger charge is -2.26. The quantitative estimate of drug-likeness (QED) is 0.791. The minimum atomic E-state index is -0.461. The van der Waals surface area contributed by atoms with Crippen LogP contribution in [0.25, 0.3) is 0 Å². The topological polar surface area (TPSA) is 41.6 Å². The third-order valence-electron chi connectivity index (χ3n) is 2.78. The summed E-state index contributed by atoms with van der Waals surface area (Å²) in [4.78, 5) is 13.9. The minimum absolute atomic E-state index is 0.262. The van der Waals surface area contributed by atoms with Gasteiger partial charge in [-0.3, -0.25) is 0 Å². The molecule has 0 radical (unpaired) electrons. The third kappa shape index (κ3) is 3.86. The van der Waals surface area contributed by atoms with Crippen molar-refractivity contribution < 1.29 is 9.53 Å². The Morgan fingerprint density at radius 3 is 2.84 bits per heavy atom. The predicted molar refractivity (Wildman–Crippen MR) is 79.3 cm³/mol. The monoisotopic (exact) mass is 326 g/mol. The van der Waals surface area contributed by atoms with Crippen LogP contribution in [0, 0.1) is 0 Å². The number of ether oxygens (including phenoxy) is 1. The van der Waals surface area contributed by atoms with Crippen LogP contribution in [0.4, 0.5) is 10.5 Å². The Hall–Kier alpha value is -1.23. The van der Waals surface area contributed by atoms with Gasteiger partial charge in [-0.15, -0.1) is 0 Å². The molecule has 104 valence electrons. The first-order chi connectivity index (χ1) is 8.85. The second-order valence-corrected chi connectivity index (χ2v) is 6.55. The molecule has 4 nitrogen and oxygen atoms in total. The second kappa shape index (κ2) is 5.41. The Balaban J connectivity index is 2.15. The molecule has 0 saturated heterocycles. The summed E-state index contributed by atoms with van der Waals surface area (Å²) in [5.41, 5.74) is 1.71. The number of halogens is 1. The number of anilines is 1. The molecule has 0 spiro atoms. The molecule has 1 aliphatic heterocycles. The molecule has 0 aliphatic carbocycles. The van der Waals surface area contributed by atoms with Crippen LogP contribution in [0.1, 0.15) is 26.3 Å². The fourth-order valence-corrected chi connectivity index (χ4v) is 2.37. The van der Waals surface area contributed by atoms with Crippen LogP contribution in [0.15, 0.2) is 22.7 Å². The van der Waals surface area contributed by atoms with Crippen LogP contribution in [-0.4, -0.2) is 29.7 Å². The molecule has 2 rings (SSSR count). The van der Waals surface area contributed by atoms with Crippen molar-refractivity contribution in [2.75, 3.05) is 18.4 Å². The van der Waals surface area contributed by atoms with Gasteiger partial charge >= 0.3 is 6.09 Å². The molecule has 1 aromatic carbocycles. The van der Waals surface area contributed by atoms with Crippen LogP contribution in [-0.2, 0) is 11.3 Å². The number of benzene rings is 1. The van der Waals surface area contributed by atoms with E-state index in [1.165, 1.54) is 0 Å². The average molecular weight is 327 g/mol. The first-order valence-corrected chi connectivity index (χ1v) is 7.15. The summed E-state index contributed by atoms with van der Waals surface area (Å²) >= 11 is 3.46. The van der Waals surface area contributed by atoms with E-state index in [1.807, 2.05) is 39.0 Å². The Bertz CT molecular complexity index is 483. The van der Waals surface area contributed by atoms with Gasteiger partial charge in [0.2, 0.25) is 0 Å². The Morgan fingerprint density at radius 2 is 2.16 bits per heavy atom. The van der Waals surface area contributed by atoms with Crippen LogP contribution in [0.5, 0.6) is 0 Å². The molecule has 1 heterocycles. The number of fused-ring (bicyclic) bond motifs is 1. The van der Waals surface area contributed by atoms with Crippen molar-refractivity contribution in [3.05, 3.63) is 28.2 Å². The van der Waals surface area contributed by atoms with Gasteiger partial charge in [-0.1, -0.05) is 15.9 Å². The van der Waals surface area contributed by atoms with E-state index in [2.05, 4.69) is 21.2 Å². The van der Waals surface area contributed by atoms with Crippen molar-refractivity contribution in [2.45, 2.75) is 32.9 Å². The normalized spacial score (nSPS) is 15.3. The van der Waals surface area contributed by atoms with Gasteiger partial charge in [0.1, 0.15) is 5.60 Å². The Kier molecular flexibility index (Phi) is 4.04.